The van der Waals surface area contributed by atoms with E-state index in [1.54, 1.807) is 11.3 Å². The molecule has 2 N–H and O–H groups in total. The smallest absolute Gasteiger partial charge is 0.225 e. The van der Waals surface area contributed by atoms with Gasteiger partial charge in [0.25, 0.3) is 0 Å². The van der Waals surface area contributed by atoms with Gasteiger partial charge in [-0.2, -0.15) is 0 Å². The van der Waals surface area contributed by atoms with E-state index >= 15 is 0 Å². The average Bonchev–Trinajstić information content (AvgIpc) is 2.88. The summed E-state index contributed by atoms with van der Waals surface area (Å²) in [6, 6.07) is 3.85. The van der Waals surface area contributed by atoms with E-state index in [2.05, 4.69) is 5.32 Å². The molecule has 1 amide bonds. The summed E-state index contributed by atoms with van der Waals surface area (Å²) in [4.78, 5) is 12.6. The monoisotopic (exact) mass is 241 g/mol. The Bertz CT molecular complexity index is 344. The lowest BCUT2D eigenvalue weighted by molar-refractivity contribution is -0.121. The van der Waals surface area contributed by atoms with Crippen LogP contribution in [0.1, 0.15) is 11.3 Å². The number of hydrogen-bond donors (Lipinski definition) is 2. The summed E-state index contributed by atoms with van der Waals surface area (Å²) in [6.45, 7) is 1.15. The van der Waals surface area contributed by atoms with E-state index in [0.29, 0.717) is 26.1 Å². The minimum atomic E-state index is -0.870. The number of thiophene rings is 1. The van der Waals surface area contributed by atoms with Crippen molar-refractivity contribution in [1.29, 1.82) is 0 Å². The van der Waals surface area contributed by atoms with Crippen LogP contribution in [0.25, 0.3) is 0 Å². The molecule has 0 aliphatic carbocycles. The molecule has 1 unspecified atom stereocenters. The summed E-state index contributed by atoms with van der Waals surface area (Å²) in [7, 11) is 0. The molecule has 16 heavy (non-hydrogen) atoms. The highest BCUT2D eigenvalue weighted by molar-refractivity contribution is 7.10. The van der Waals surface area contributed by atoms with Crippen molar-refractivity contribution in [3.8, 4) is 0 Å². The zero-order valence-corrected chi connectivity index (χ0v) is 9.76. The lowest BCUT2D eigenvalue weighted by atomic mass is 10.0. The van der Waals surface area contributed by atoms with Gasteiger partial charge in [0, 0.05) is 24.4 Å². The highest BCUT2D eigenvalue weighted by Crippen LogP contribution is 2.17. The third-order valence-corrected chi connectivity index (χ3v) is 3.49. The Morgan fingerprint density at radius 3 is 3.19 bits per heavy atom. The van der Waals surface area contributed by atoms with Crippen LogP contribution >= 0.6 is 11.3 Å². The van der Waals surface area contributed by atoms with Gasteiger partial charge in [0.15, 0.2) is 0 Å². The molecule has 1 atom stereocenters. The number of carbonyl (C=O) groups excluding carboxylic acids is 1. The predicted molar refractivity (Wildman–Crippen MR) is 61.4 cm³/mol. The Kier molecular flexibility index (Phi) is 3.58. The highest BCUT2D eigenvalue weighted by atomic mass is 32.1. The van der Waals surface area contributed by atoms with Crippen LogP contribution in [0.15, 0.2) is 17.5 Å². The molecule has 2 heterocycles. The maximum Gasteiger partial charge on any atom is 0.225 e. The van der Waals surface area contributed by atoms with Crippen molar-refractivity contribution in [1.82, 2.24) is 5.32 Å². The van der Waals surface area contributed by atoms with Gasteiger partial charge in [-0.1, -0.05) is 6.07 Å². The molecule has 1 aliphatic heterocycles. The van der Waals surface area contributed by atoms with Gasteiger partial charge in [0.2, 0.25) is 5.91 Å². The number of aliphatic hydroxyl groups is 1. The second kappa shape index (κ2) is 4.95. The van der Waals surface area contributed by atoms with Crippen molar-refractivity contribution < 1.29 is 14.6 Å². The topological polar surface area (TPSA) is 58.6 Å². The van der Waals surface area contributed by atoms with Crippen LogP contribution in [-0.2, 0) is 16.0 Å². The van der Waals surface area contributed by atoms with Gasteiger partial charge in [0.1, 0.15) is 5.60 Å². The van der Waals surface area contributed by atoms with Crippen molar-refractivity contribution in [3.63, 3.8) is 0 Å². The Hall–Kier alpha value is -0.910. The maximum absolute atomic E-state index is 11.6. The number of amides is 1. The fraction of sp³-hybridized carbons (Fsp3) is 0.545. The van der Waals surface area contributed by atoms with Crippen molar-refractivity contribution in [3.05, 3.63) is 22.4 Å². The summed E-state index contributed by atoms with van der Waals surface area (Å²) < 4.78 is 5.10. The summed E-state index contributed by atoms with van der Waals surface area (Å²) in [6.07, 6.45) is 0.973. The average molecular weight is 241 g/mol. The summed E-state index contributed by atoms with van der Waals surface area (Å²) >= 11 is 1.56. The molecule has 0 bridgehead atoms. The Morgan fingerprint density at radius 1 is 1.69 bits per heavy atom. The normalized spacial score (nSPS) is 24.6. The molecule has 88 valence electrons. The minimum absolute atomic E-state index is 0.0530. The molecule has 1 aromatic heterocycles. The van der Waals surface area contributed by atoms with Crippen LogP contribution in [0.5, 0.6) is 0 Å². The molecule has 0 radical (unpaired) electrons. The lowest BCUT2D eigenvalue weighted by Gasteiger charge is -2.20. The Balaban J connectivity index is 1.75. The van der Waals surface area contributed by atoms with E-state index in [1.807, 2.05) is 17.5 Å². The number of rotatable bonds is 4. The van der Waals surface area contributed by atoms with E-state index in [4.69, 9.17) is 4.74 Å². The molecule has 4 nitrogen and oxygen atoms in total. The van der Waals surface area contributed by atoms with Gasteiger partial charge >= 0.3 is 0 Å². The quantitative estimate of drug-likeness (QED) is 0.809. The van der Waals surface area contributed by atoms with Crippen LogP contribution in [0.2, 0.25) is 0 Å². The fourth-order valence-corrected chi connectivity index (χ4v) is 2.34. The molecule has 1 fully saturated rings. The predicted octanol–water partition coefficient (Wildman–Crippen LogP) is 0.558. The van der Waals surface area contributed by atoms with Crippen LogP contribution in [0.4, 0.5) is 0 Å². The zero-order valence-electron chi connectivity index (χ0n) is 8.94. The third-order valence-electron chi connectivity index (χ3n) is 2.61. The number of nitrogens with one attached hydrogen (secondary N) is 1. The van der Waals surface area contributed by atoms with Crippen LogP contribution < -0.4 is 5.32 Å². The van der Waals surface area contributed by atoms with E-state index in [1.165, 1.54) is 0 Å². The van der Waals surface area contributed by atoms with Gasteiger partial charge < -0.3 is 15.2 Å². The minimum Gasteiger partial charge on any atom is -0.386 e. The van der Waals surface area contributed by atoms with Gasteiger partial charge in [0.05, 0.1) is 13.0 Å². The van der Waals surface area contributed by atoms with Crippen molar-refractivity contribution in [2.45, 2.75) is 18.4 Å². The molecule has 1 saturated heterocycles. The third kappa shape index (κ3) is 3.04. The summed E-state index contributed by atoms with van der Waals surface area (Å²) in [5, 5.41) is 14.6. The Labute approximate surface area is 98.2 Å². The van der Waals surface area contributed by atoms with Gasteiger partial charge in [-0.3, -0.25) is 4.79 Å². The Morgan fingerprint density at radius 2 is 2.56 bits per heavy atom. The second-order valence-corrected chi connectivity index (χ2v) is 5.09. The fourth-order valence-electron chi connectivity index (χ4n) is 1.63. The molecule has 5 heteroatoms. The van der Waals surface area contributed by atoms with Crippen LogP contribution in [-0.4, -0.2) is 36.4 Å². The molecular formula is C11H15NO3S. The van der Waals surface area contributed by atoms with Gasteiger partial charge in [-0.15, -0.1) is 11.3 Å². The molecule has 1 aliphatic rings. The summed E-state index contributed by atoms with van der Waals surface area (Å²) in [5.41, 5.74) is -0.870. The van der Waals surface area contributed by atoms with Crippen LogP contribution in [0, 0.1) is 0 Å². The molecule has 0 aromatic carbocycles. The number of hydrogen-bond acceptors (Lipinski definition) is 4. The first kappa shape index (κ1) is 11.6. The van der Waals surface area contributed by atoms with Crippen molar-refractivity contribution >= 4 is 17.2 Å². The summed E-state index contributed by atoms with van der Waals surface area (Å²) in [5.74, 6) is -0.0530. The van der Waals surface area contributed by atoms with E-state index < -0.39 is 5.60 Å². The molecular weight excluding hydrogens is 226 g/mol. The molecule has 1 aromatic rings. The molecule has 2 rings (SSSR count). The standard InChI is InChI=1S/C11H15NO3S/c13-10(6-9-2-1-5-16-9)12-7-11(14)3-4-15-8-11/h1-2,5,14H,3-4,6-8H2,(H,12,13). The number of ether oxygens (including phenoxy) is 1. The van der Waals surface area contributed by atoms with E-state index in [-0.39, 0.29) is 12.5 Å². The van der Waals surface area contributed by atoms with E-state index in [0.717, 1.165) is 4.88 Å². The van der Waals surface area contributed by atoms with Crippen molar-refractivity contribution in [2.24, 2.45) is 0 Å². The molecule has 0 spiro atoms. The second-order valence-electron chi connectivity index (χ2n) is 4.06. The SMILES string of the molecule is O=C(Cc1cccs1)NCC1(O)CCOC1. The molecule has 0 saturated carbocycles. The van der Waals surface area contributed by atoms with Gasteiger partial charge in [-0.25, -0.2) is 0 Å². The lowest BCUT2D eigenvalue weighted by Crippen LogP contribution is -2.43. The first-order valence-corrected chi connectivity index (χ1v) is 6.15. The van der Waals surface area contributed by atoms with E-state index in [9.17, 15) is 9.90 Å². The van der Waals surface area contributed by atoms with Crippen LogP contribution in [0.3, 0.4) is 0 Å². The van der Waals surface area contributed by atoms with Gasteiger partial charge in [-0.05, 0) is 11.4 Å². The highest BCUT2D eigenvalue weighted by Gasteiger charge is 2.32. The number of carbonyl (C=O) groups is 1. The zero-order chi connectivity index (χ0) is 11.4. The largest absolute Gasteiger partial charge is 0.386 e. The first-order chi connectivity index (χ1) is 7.68. The van der Waals surface area contributed by atoms with Crippen molar-refractivity contribution in [2.75, 3.05) is 19.8 Å². The maximum atomic E-state index is 11.6. The first-order valence-electron chi connectivity index (χ1n) is 5.27.